The Morgan fingerprint density at radius 2 is 1.79 bits per heavy atom. The molecule has 1 atom stereocenters. The lowest BCUT2D eigenvalue weighted by atomic mass is 9.94. The molecule has 1 aliphatic carbocycles. The summed E-state index contributed by atoms with van der Waals surface area (Å²) in [5, 5.41) is 7.05. The van der Waals surface area contributed by atoms with E-state index in [1.807, 2.05) is 0 Å². The van der Waals surface area contributed by atoms with Gasteiger partial charge in [0.2, 0.25) is 5.95 Å². The lowest BCUT2D eigenvalue weighted by molar-refractivity contribution is -0.145. The number of hydrogen-bond donors (Lipinski definition) is 1. The number of halogens is 5. The van der Waals surface area contributed by atoms with E-state index in [-0.39, 0.29) is 22.3 Å². The van der Waals surface area contributed by atoms with Crippen molar-refractivity contribution in [1.29, 1.82) is 0 Å². The van der Waals surface area contributed by atoms with E-state index in [1.54, 1.807) is 36.4 Å². The Morgan fingerprint density at radius 1 is 1.07 bits per heavy atom. The fourth-order valence-electron chi connectivity index (χ4n) is 3.65. The first-order chi connectivity index (χ1) is 13.8. The molecule has 3 aromatic rings. The standard InChI is InChI=1S/C19H9Cl2F3N4O/c20-8-5-6-11(12(21)7-8)15-13-14(9-3-1-2-4-10(9)16(13)29)25-18-26-17(19(22,23)24)27-28(15)18/h1-7,15H,(H,25,26,27)/t15-/m0/s1. The van der Waals surface area contributed by atoms with E-state index in [1.165, 1.54) is 6.07 Å². The summed E-state index contributed by atoms with van der Waals surface area (Å²) in [6.07, 6.45) is -4.74. The predicted octanol–water partition coefficient (Wildman–Crippen LogP) is 5.23. The van der Waals surface area contributed by atoms with Crippen molar-refractivity contribution in [3.63, 3.8) is 0 Å². The van der Waals surface area contributed by atoms with Crippen molar-refractivity contribution in [3.8, 4) is 0 Å². The zero-order valence-electron chi connectivity index (χ0n) is 14.3. The minimum absolute atomic E-state index is 0.128. The molecule has 29 heavy (non-hydrogen) atoms. The van der Waals surface area contributed by atoms with Gasteiger partial charge in [0.05, 0.1) is 11.3 Å². The first-order valence-electron chi connectivity index (χ1n) is 8.39. The summed E-state index contributed by atoms with van der Waals surface area (Å²) in [5.74, 6) is -1.75. The van der Waals surface area contributed by atoms with Crippen LogP contribution in [0.25, 0.3) is 5.70 Å². The number of carbonyl (C=O) groups excluding carboxylic acids is 1. The van der Waals surface area contributed by atoms with Crippen molar-refractivity contribution in [3.05, 3.63) is 80.6 Å². The van der Waals surface area contributed by atoms with Gasteiger partial charge in [-0.3, -0.25) is 4.79 Å². The molecule has 0 saturated carbocycles. The number of Topliss-reactive ketones (excluding diaryl/α,β-unsaturated/α-hetero) is 1. The number of hydrogen-bond acceptors (Lipinski definition) is 4. The van der Waals surface area contributed by atoms with E-state index in [9.17, 15) is 18.0 Å². The van der Waals surface area contributed by atoms with Gasteiger partial charge < -0.3 is 5.32 Å². The quantitative estimate of drug-likeness (QED) is 0.567. The normalized spacial score (nSPS) is 17.7. The van der Waals surface area contributed by atoms with Crippen molar-refractivity contribution < 1.29 is 18.0 Å². The van der Waals surface area contributed by atoms with Crippen LogP contribution in [0, 0.1) is 0 Å². The number of allylic oxidation sites excluding steroid dienone is 1. The molecule has 0 unspecified atom stereocenters. The molecular weight excluding hydrogens is 428 g/mol. The predicted molar refractivity (Wildman–Crippen MR) is 101 cm³/mol. The summed E-state index contributed by atoms with van der Waals surface area (Å²) in [5.41, 5.74) is 2.08. The lowest BCUT2D eigenvalue weighted by Crippen LogP contribution is -2.26. The molecule has 1 aliphatic heterocycles. The van der Waals surface area contributed by atoms with Crippen LogP contribution in [-0.4, -0.2) is 20.5 Å². The Hall–Kier alpha value is -2.84. The van der Waals surface area contributed by atoms with Crippen LogP contribution in [0.5, 0.6) is 0 Å². The van der Waals surface area contributed by atoms with Crippen molar-refractivity contribution >= 4 is 40.6 Å². The smallest absolute Gasteiger partial charge is 0.323 e. The Balaban J connectivity index is 1.78. The lowest BCUT2D eigenvalue weighted by Gasteiger charge is -2.27. The molecule has 0 bridgehead atoms. The van der Waals surface area contributed by atoms with Crippen molar-refractivity contribution in [2.45, 2.75) is 12.2 Å². The molecule has 0 saturated heterocycles. The van der Waals surface area contributed by atoms with Gasteiger partial charge in [-0.15, -0.1) is 5.10 Å². The fourth-order valence-corrected chi connectivity index (χ4v) is 4.16. The van der Waals surface area contributed by atoms with Gasteiger partial charge >= 0.3 is 6.18 Å². The van der Waals surface area contributed by atoms with Gasteiger partial charge in [0.25, 0.3) is 5.82 Å². The van der Waals surface area contributed by atoms with Crippen molar-refractivity contribution in [2.24, 2.45) is 0 Å². The largest absolute Gasteiger partial charge is 0.453 e. The van der Waals surface area contributed by atoms with Crippen LogP contribution >= 0.6 is 23.2 Å². The van der Waals surface area contributed by atoms with E-state index >= 15 is 0 Å². The van der Waals surface area contributed by atoms with Crippen LogP contribution in [0.3, 0.4) is 0 Å². The zero-order chi connectivity index (χ0) is 20.5. The maximum Gasteiger partial charge on any atom is 0.453 e. The molecular formula is C19H9Cl2F3N4O. The zero-order valence-corrected chi connectivity index (χ0v) is 15.8. The molecule has 0 radical (unpaired) electrons. The second kappa shape index (κ2) is 6.08. The highest BCUT2D eigenvalue weighted by Crippen LogP contribution is 2.47. The molecule has 0 fully saturated rings. The van der Waals surface area contributed by atoms with Crippen LogP contribution in [0.15, 0.2) is 48.0 Å². The monoisotopic (exact) mass is 436 g/mol. The minimum atomic E-state index is -4.74. The molecule has 1 aromatic heterocycles. The van der Waals surface area contributed by atoms with E-state index in [4.69, 9.17) is 23.2 Å². The summed E-state index contributed by atoms with van der Waals surface area (Å²) >= 11 is 12.3. The van der Waals surface area contributed by atoms with Gasteiger partial charge in [-0.25, -0.2) is 4.68 Å². The number of benzene rings is 2. The van der Waals surface area contributed by atoms with E-state index < -0.39 is 18.0 Å². The molecule has 0 amide bonds. The first kappa shape index (κ1) is 18.2. The third kappa shape index (κ3) is 2.67. The van der Waals surface area contributed by atoms with Crippen molar-refractivity contribution in [2.75, 3.05) is 5.32 Å². The van der Waals surface area contributed by atoms with Gasteiger partial charge in [-0.05, 0) is 12.1 Å². The first-order valence-corrected chi connectivity index (χ1v) is 9.15. The minimum Gasteiger partial charge on any atom is -0.323 e. The number of alkyl halides is 3. The summed E-state index contributed by atoms with van der Waals surface area (Å²) < 4.78 is 40.8. The topological polar surface area (TPSA) is 59.8 Å². The molecule has 2 aromatic carbocycles. The second-order valence-corrected chi connectivity index (χ2v) is 7.40. The molecule has 5 rings (SSSR count). The Morgan fingerprint density at radius 3 is 2.48 bits per heavy atom. The van der Waals surface area contributed by atoms with Crippen LogP contribution in [0.2, 0.25) is 10.0 Å². The Kier molecular flexibility index (Phi) is 3.81. The molecule has 146 valence electrons. The highest BCUT2D eigenvalue weighted by Gasteiger charge is 2.45. The van der Waals surface area contributed by atoms with Gasteiger partial charge in [0.15, 0.2) is 5.78 Å². The molecule has 1 N–H and O–H groups in total. The number of rotatable bonds is 1. The van der Waals surface area contributed by atoms with Gasteiger partial charge in [0, 0.05) is 26.7 Å². The fraction of sp³-hybridized carbons (Fsp3) is 0.105. The van der Waals surface area contributed by atoms with Crippen LogP contribution < -0.4 is 5.32 Å². The SMILES string of the molecule is O=C1C2=C(Nc3nc(C(F)(F)F)nn3[C@H]2c2ccc(Cl)cc2Cl)c2ccccc21. The summed E-state index contributed by atoms with van der Waals surface area (Å²) in [6.45, 7) is 0. The Bertz CT molecular complexity index is 1230. The van der Waals surface area contributed by atoms with Crippen molar-refractivity contribution in [1.82, 2.24) is 14.8 Å². The van der Waals surface area contributed by atoms with E-state index in [2.05, 4.69) is 15.4 Å². The third-order valence-corrected chi connectivity index (χ3v) is 5.41. The molecule has 5 nitrogen and oxygen atoms in total. The number of nitrogens with one attached hydrogen (secondary N) is 1. The van der Waals surface area contributed by atoms with Crippen LogP contribution in [-0.2, 0) is 6.18 Å². The molecule has 2 aliphatic rings. The summed E-state index contributed by atoms with van der Waals surface area (Å²) in [4.78, 5) is 16.8. The van der Waals surface area contributed by atoms with E-state index in [0.29, 0.717) is 27.4 Å². The maximum atomic E-state index is 13.3. The second-order valence-electron chi connectivity index (χ2n) is 6.56. The average Bonchev–Trinajstić information content (AvgIpc) is 3.21. The number of ketones is 1. The summed E-state index contributed by atoms with van der Waals surface area (Å²) in [7, 11) is 0. The highest BCUT2D eigenvalue weighted by molar-refractivity contribution is 6.35. The Labute approximate surface area is 171 Å². The number of aromatic nitrogens is 3. The summed E-state index contributed by atoms with van der Waals surface area (Å²) in [6, 6.07) is 10.4. The number of carbonyl (C=O) groups is 1. The highest BCUT2D eigenvalue weighted by atomic mass is 35.5. The average molecular weight is 437 g/mol. The molecule has 0 spiro atoms. The molecule has 2 heterocycles. The van der Waals surface area contributed by atoms with Gasteiger partial charge in [0.1, 0.15) is 6.04 Å². The maximum absolute atomic E-state index is 13.3. The number of nitrogens with zero attached hydrogens (tertiary/aromatic N) is 3. The van der Waals surface area contributed by atoms with E-state index in [0.717, 1.165) is 4.68 Å². The number of anilines is 1. The van der Waals surface area contributed by atoms with Crippen LogP contribution in [0.4, 0.5) is 19.1 Å². The van der Waals surface area contributed by atoms with Crippen LogP contribution in [0.1, 0.15) is 33.4 Å². The third-order valence-electron chi connectivity index (χ3n) is 4.85. The van der Waals surface area contributed by atoms with Gasteiger partial charge in [-0.1, -0.05) is 53.5 Å². The number of fused-ring (bicyclic) bond motifs is 3. The molecule has 10 heteroatoms. The van der Waals surface area contributed by atoms with Gasteiger partial charge in [-0.2, -0.15) is 18.2 Å².